The standard InChI is InChI=1S/C25H27NO3/c1-4-28-24-15-12-21(25(27)26-19(3)20-8-6-5-7-9-20)16-22(24)17-29-23-13-10-18(2)11-14-23/h5-16,19H,4,17H2,1-3H3,(H,26,27)/t19-/m0/s1. The molecule has 0 radical (unpaired) electrons. The van der Waals surface area contributed by atoms with E-state index in [2.05, 4.69) is 5.32 Å². The Labute approximate surface area is 172 Å². The largest absolute Gasteiger partial charge is 0.493 e. The molecule has 0 fully saturated rings. The second-order valence-electron chi connectivity index (χ2n) is 6.96. The van der Waals surface area contributed by atoms with Gasteiger partial charge in [0.1, 0.15) is 18.1 Å². The van der Waals surface area contributed by atoms with E-state index in [4.69, 9.17) is 9.47 Å². The van der Waals surface area contributed by atoms with Gasteiger partial charge < -0.3 is 14.8 Å². The zero-order valence-corrected chi connectivity index (χ0v) is 17.1. The van der Waals surface area contributed by atoms with Crippen LogP contribution in [-0.4, -0.2) is 12.5 Å². The maximum absolute atomic E-state index is 12.8. The van der Waals surface area contributed by atoms with Crippen molar-refractivity contribution >= 4 is 5.91 Å². The molecule has 0 saturated heterocycles. The van der Waals surface area contributed by atoms with Crippen molar-refractivity contribution in [1.29, 1.82) is 0 Å². The van der Waals surface area contributed by atoms with Gasteiger partial charge in [0.25, 0.3) is 5.91 Å². The van der Waals surface area contributed by atoms with Gasteiger partial charge in [0.2, 0.25) is 0 Å². The van der Waals surface area contributed by atoms with Crippen molar-refractivity contribution in [2.75, 3.05) is 6.61 Å². The SMILES string of the molecule is CCOc1ccc(C(=O)N[C@@H](C)c2ccccc2)cc1COc1ccc(C)cc1. The Morgan fingerprint density at radius 2 is 1.69 bits per heavy atom. The summed E-state index contributed by atoms with van der Waals surface area (Å²) in [5.74, 6) is 1.39. The Kier molecular flexibility index (Phi) is 6.90. The fourth-order valence-corrected chi connectivity index (χ4v) is 3.03. The lowest BCUT2D eigenvalue weighted by Gasteiger charge is -2.16. The van der Waals surface area contributed by atoms with E-state index < -0.39 is 0 Å². The lowest BCUT2D eigenvalue weighted by Crippen LogP contribution is -2.26. The topological polar surface area (TPSA) is 47.6 Å². The van der Waals surface area contributed by atoms with Gasteiger partial charge >= 0.3 is 0 Å². The van der Waals surface area contributed by atoms with Crippen molar-refractivity contribution in [2.24, 2.45) is 0 Å². The zero-order chi connectivity index (χ0) is 20.6. The third kappa shape index (κ3) is 5.61. The molecule has 0 bridgehead atoms. The molecular formula is C25H27NO3. The second kappa shape index (κ2) is 9.78. The van der Waals surface area contributed by atoms with Gasteiger partial charge in [-0.1, -0.05) is 48.0 Å². The molecule has 0 aliphatic carbocycles. The van der Waals surface area contributed by atoms with Gasteiger partial charge in [0.05, 0.1) is 12.6 Å². The van der Waals surface area contributed by atoms with Crippen LogP contribution in [0.5, 0.6) is 11.5 Å². The van der Waals surface area contributed by atoms with Crippen LogP contribution < -0.4 is 14.8 Å². The van der Waals surface area contributed by atoms with E-state index in [1.54, 1.807) is 6.07 Å². The Hall–Kier alpha value is -3.27. The minimum absolute atomic E-state index is 0.0810. The molecule has 3 rings (SSSR count). The quantitative estimate of drug-likeness (QED) is 0.556. The third-order valence-electron chi connectivity index (χ3n) is 4.69. The molecule has 0 aliphatic heterocycles. The number of carbonyl (C=O) groups is 1. The van der Waals surface area contributed by atoms with Gasteiger partial charge in [-0.05, 0) is 56.7 Å². The molecule has 150 valence electrons. The van der Waals surface area contributed by atoms with E-state index in [0.717, 1.165) is 22.6 Å². The summed E-state index contributed by atoms with van der Waals surface area (Å²) in [4.78, 5) is 12.8. The van der Waals surface area contributed by atoms with Crippen molar-refractivity contribution < 1.29 is 14.3 Å². The molecule has 4 heteroatoms. The molecule has 0 unspecified atom stereocenters. The van der Waals surface area contributed by atoms with Gasteiger partial charge in [-0.25, -0.2) is 0 Å². The Bertz CT molecular complexity index is 936. The minimum Gasteiger partial charge on any atom is -0.493 e. The zero-order valence-electron chi connectivity index (χ0n) is 17.1. The van der Waals surface area contributed by atoms with Gasteiger partial charge in [-0.2, -0.15) is 0 Å². The van der Waals surface area contributed by atoms with E-state index in [1.165, 1.54) is 5.56 Å². The number of hydrogen-bond donors (Lipinski definition) is 1. The van der Waals surface area contributed by atoms with Crippen molar-refractivity contribution in [1.82, 2.24) is 5.32 Å². The highest BCUT2D eigenvalue weighted by Gasteiger charge is 2.14. The fraction of sp³-hybridized carbons (Fsp3) is 0.240. The number of ether oxygens (including phenoxy) is 2. The normalized spacial score (nSPS) is 11.6. The number of rotatable bonds is 8. The van der Waals surface area contributed by atoms with Crippen LogP contribution in [-0.2, 0) is 6.61 Å². The molecule has 0 heterocycles. The van der Waals surface area contributed by atoms with E-state index in [-0.39, 0.29) is 11.9 Å². The van der Waals surface area contributed by atoms with Gasteiger partial charge in [-0.15, -0.1) is 0 Å². The summed E-state index contributed by atoms with van der Waals surface area (Å²) in [5, 5.41) is 3.05. The van der Waals surface area contributed by atoms with E-state index in [9.17, 15) is 4.79 Å². The predicted octanol–water partition coefficient (Wildman–Crippen LogP) is 5.46. The molecule has 0 aliphatic rings. The van der Waals surface area contributed by atoms with Crippen LogP contribution in [0.4, 0.5) is 0 Å². The lowest BCUT2D eigenvalue weighted by atomic mass is 10.1. The van der Waals surface area contributed by atoms with Crippen LogP contribution in [0, 0.1) is 6.92 Å². The first-order valence-electron chi connectivity index (χ1n) is 9.88. The highest BCUT2D eigenvalue weighted by molar-refractivity contribution is 5.94. The summed E-state index contributed by atoms with van der Waals surface area (Å²) in [6, 6.07) is 23.2. The van der Waals surface area contributed by atoms with Crippen LogP contribution in [0.2, 0.25) is 0 Å². The highest BCUT2D eigenvalue weighted by atomic mass is 16.5. The number of aryl methyl sites for hydroxylation is 1. The van der Waals surface area contributed by atoms with Crippen LogP contribution in [0.25, 0.3) is 0 Å². The number of amides is 1. The first-order chi connectivity index (χ1) is 14.1. The highest BCUT2D eigenvalue weighted by Crippen LogP contribution is 2.23. The van der Waals surface area contributed by atoms with Crippen LogP contribution in [0.3, 0.4) is 0 Å². The molecule has 29 heavy (non-hydrogen) atoms. The monoisotopic (exact) mass is 389 g/mol. The lowest BCUT2D eigenvalue weighted by molar-refractivity contribution is 0.0939. The van der Waals surface area contributed by atoms with Crippen molar-refractivity contribution in [2.45, 2.75) is 33.4 Å². The molecule has 0 spiro atoms. The third-order valence-corrected chi connectivity index (χ3v) is 4.69. The Morgan fingerprint density at radius 1 is 0.966 bits per heavy atom. The maximum atomic E-state index is 12.8. The fourth-order valence-electron chi connectivity index (χ4n) is 3.03. The van der Waals surface area contributed by atoms with Crippen LogP contribution in [0.1, 0.15) is 46.9 Å². The summed E-state index contributed by atoms with van der Waals surface area (Å²) in [7, 11) is 0. The first kappa shape index (κ1) is 20.5. The molecule has 1 amide bonds. The van der Waals surface area contributed by atoms with E-state index in [1.807, 2.05) is 87.5 Å². The van der Waals surface area contributed by atoms with E-state index >= 15 is 0 Å². The summed E-state index contributed by atoms with van der Waals surface area (Å²) >= 11 is 0. The molecule has 0 saturated carbocycles. The number of hydrogen-bond acceptors (Lipinski definition) is 3. The Morgan fingerprint density at radius 3 is 2.38 bits per heavy atom. The maximum Gasteiger partial charge on any atom is 0.251 e. The predicted molar refractivity (Wildman–Crippen MR) is 115 cm³/mol. The van der Waals surface area contributed by atoms with E-state index in [0.29, 0.717) is 18.8 Å². The number of benzene rings is 3. The van der Waals surface area contributed by atoms with Crippen molar-refractivity contribution in [3.05, 3.63) is 95.1 Å². The minimum atomic E-state index is -0.124. The van der Waals surface area contributed by atoms with Crippen LogP contribution in [0.15, 0.2) is 72.8 Å². The average molecular weight is 389 g/mol. The molecule has 4 nitrogen and oxygen atoms in total. The Balaban J connectivity index is 1.74. The van der Waals surface area contributed by atoms with Crippen molar-refractivity contribution in [3.8, 4) is 11.5 Å². The van der Waals surface area contributed by atoms with Crippen molar-refractivity contribution in [3.63, 3.8) is 0 Å². The summed E-state index contributed by atoms with van der Waals surface area (Å²) in [5.41, 5.74) is 3.67. The molecule has 1 N–H and O–H groups in total. The average Bonchev–Trinajstić information content (AvgIpc) is 2.75. The van der Waals surface area contributed by atoms with Gasteiger partial charge in [-0.3, -0.25) is 4.79 Å². The number of nitrogens with one attached hydrogen (secondary N) is 1. The van der Waals surface area contributed by atoms with Crippen LogP contribution >= 0.6 is 0 Å². The molecule has 3 aromatic rings. The molecular weight excluding hydrogens is 362 g/mol. The summed E-state index contributed by atoms with van der Waals surface area (Å²) < 4.78 is 11.6. The number of carbonyl (C=O) groups excluding carboxylic acids is 1. The van der Waals surface area contributed by atoms with Gasteiger partial charge in [0, 0.05) is 11.1 Å². The summed E-state index contributed by atoms with van der Waals surface area (Å²) in [6.07, 6.45) is 0. The smallest absolute Gasteiger partial charge is 0.251 e. The van der Waals surface area contributed by atoms with Gasteiger partial charge in [0.15, 0.2) is 0 Å². The summed E-state index contributed by atoms with van der Waals surface area (Å²) in [6.45, 7) is 6.83. The molecule has 3 aromatic carbocycles. The molecule has 0 aromatic heterocycles. The second-order valence-corrected chi connectivity index (χ2v) is 6.96. The molecule has 1 atom stereocenters. The first-order valence-corrected chi connectivity index (χ1v) is 9.88.